The van der Waals surface area contributed by atoms with E-state index in [9.17, 15) is 13.2 Å². The lowest BCUT2D eigenvalue weighted by atomic mass is 10.2. The molecule has 1 aromatic rings. The van der Waals surface area contributed by atoms with Gasteiger partial charge in [0, 0.05) is 43.9 Å². The van der Waals surface area contributed by atoms with Crippen LogP contribution in [0.2, 0.25) is 5.02 Å². The van der Waals surface area contributed by atoms with Gasteiger partial charge in [-0.05, 0) is 37.1 Å². The molecular weight excluding hydrogens is 380 g/mol. The molecule has 0 N–H and O–H groups in total. The van der Waals surface area contributed by atoms with Crippen molar-refractivity contribution in [3.63, 3.8) is 0 Å². The summed E-state index contributed by atoms with van der Waals surface area (Å²) in [6.45, 7) is 4.10. The van der Waals surface area contributed by atoms with Gasteiger partial charge in [0.05, 0.1) is 10.8 Å². The van der Waals surface area contributed by atoms with Crippen molar-refractivity contribution in [3.8, 4) is 0 Å². The van der Waals surface area contributed by atoms with Crippen molar-refractivity contribution in [3.05, 3.63) is 34.9 Å². The standard InChI is InChI=1S/C18H27ClO4S2/c1-3-5-11-24(21)14-17(25(22)12-6-4-2)13-23-18(20)15-7-9-16(19)10-8-15/h7-10,17H,3-6,11-14H2,1-2H3/t17-,24-,25+/m0/s1. The molecule has 0 saturated heterocycles. The van der Waals surface area contributed by atoms with Gasteiger partial charge < -0.3 is 4.74 Å². The number of carbonyl (C=O) groups excluding carboxylic acids is 1. The highest BCUT2D eigenvalue weighted by Crippen LogP contribution is 2.12. The SMILES string of the molecule is CCCC[S@](=O)C[C@H](COC(=O)c1ccc(Cl)cc1)[S@](=O)CCCC. The minimum absolute atomic E-state index is 0.0235. The molecule has 0 aliphatic heterocycles. The lowest BCUT2D eigenvalue weighted by molar-refractivity contribution is 0.0510. The van der Waals surface area contributed by atoms with Crippen LogP contribution in [0.25, 0.3) is 0 Å². The Bertz CT molecular complexity index is 575. The lowest BCUT2D eigenvalue weighted by Gasteiger charge is -2.16. The van der Waals surface area contributed by atoms with Crippen LogP contribution in [-0.4, -0.2) is 43.5 Å². The van der Waals surface area contributed by atoms with Gasteiger partial charge in [-0.2, -0.15) is 0 Å². The summed E-state index contributed by atoms with van der Waals surface area (Å²) >= 11 is 5.81. The van der Waals surface area contributed by atoms with Crippen LogP contribution in [-0.2, 0) is 26.3 Å². The third-order valence-corrected chi connectivity index (χ3v) is 7.37. The summed E-state index contributed by atoms with van der Waals surface area (Å²) in [5.74, 6) is 0.978. The Morgan fingerprint density at radius 2 is 1.68 bits per heavy atom. The first-order chi connectivity index (χ1) is 12.0. The van der Waals surface area contributed by atoms with Gasteiger partial charge >= 0.3 is 5.97 Å². The summed E-state index contributed by atoms with van der Waals surface area (Å²) in [6.07, 6.45) is 3.64. The number of halogens is 1. The number of esters is 1. The molecule has 0 aromatic heterocycles. The summed E-state index contributed by atoms with van der Waals surface area (Å²) in [7, 11) is -2.19. The first-order valence-corrected chi connectivity index (χ1v) is 11.9. The predicted octanol–water partition coefficient (Wildman–Crippen LogP) is 3.96. The van der Waals surface area contributed by atoms with Crippen LogP contribution in [0.3, 0.4) is 0 Å². The molecule has 7 heteroatoms. The number of ether oxygens (including phenoxy) is 1. The quantitative estimate of drug-likeness (QED) is 0.493. The smallest absolute Gasteiger partial charge is 0.338 e. The molecular formula is C18H27ClO4S2. The van der Waals surface area contributed by atoms with Crippen LogP contribution in [0.1, 0.15) is 49.9 Å². The fourth-order valence-corrected chi connectivity index (χ4v) is 5.69. The molecule has 3 atom stereocenters. The van der Waals surface area contributed by atoms with Gasteiger partial charge in [0.2, 0.25) is 0 Å². The third kappa shape index (κ3) is 8.97. The van der Waals surface area contributed by atoms with Gasteiger partial charge in [0.15, 0.2) is 0 Å². The Labute approximate surface area is 160 Å². The van der Waals surface area contributed by atoms with Crippen LogP contribution < -0.4 is 0 Å². The van der Waals surface area contributed by atoms with E-state index in [1.165, 1.54) is 0 Å². The second-order valence-corrected chi connectivity index (χ2v) is 9.72. The maximum absolute atomic E-state index is 12.5. The average molecular weight is 407 g/mol. The average Bonchev–Trinajstić information content (AvgIpc) is 2.61. The number of carbonyl (C=O) groups is 1. The summed E-state index contributed by atoms with van der Waals surface area (Å²) in [5.41, 5.74) is 0.398. The molecule has 0 radical (unpaired) electrons. The van der Waals surface area contributed by atoms with Crippen LogP contribution in [0.4, 0.5) is 0 Å². The second kappa shape index (κ2) is 12.6. The van der Waals surface area contributed by atoms with Crippen molar-refractivity contribution in [1.82, 2.24) is 0 Å². The Balaban J connectivity index is 2.64. The minimum Gasteiger partial charge on any atom is -0.461 e. The molecule has 1 aromatic carbocycles. The van der Waals surface area contributed by atoms with Crippen LogP contribution >= 0.6 is 11.6 Å². The maximum Gasteiger partial charge on any atom is 0.338 e. The monoisotopic (exact) mass is 406 g/mol. The van der Waals surface area contributed by atoms with E-state index in [2.05, 4.69) is 0 Å². The lowest BCUT2D eigenvalue weighted by Crippen LogP contribution is -2.31. The largest absolute Gasteiger partial charge is 0.461 e. The molecule has 0 fully saturated rings. The summed E-state index contributed by atoms with van der Waals surface area (Å²) in [4.78, 5) is 12.1. The normalized spacial score (nSPS) is 14.7. The van der Waals surface area contributed by atoms with E-state index in [0.717, 1.165) is 25.7 Å². The van der Waals surface area contributed by atoms with Gasteiger partial charge in [-0.25, -0.2) is 4.79 Å². The fraction of sp³-hybridized carbons (Fsp3) is 0.611. The van der Waals surface area contributed by atoms with Gasteiger partial charge in [-0.15, -0.1) is 0 Å². The Morgan fingerprint density at radius 3 is 2.28 bits per heavy atom. The number of unbranched alkanes of at least 4 members (excludes halogenated alkanes) is 2. The fourth-order valence-electron chi connectivity index (χ4n) is 2.09. The predicted molar refractivity (Wildman–Crippen MR) is 106 cm³/mol. The molecule has 0 aliphatic carbocycles. The zero-order chi connectivity index (χ0) is 18.7. The molecule has 4 nitrogen and oxygen atoms in total. The molecule has 0 heterocycles. The molecule has 142 valence electrons. The molecule has 0 amide bonds. The molecule has 0 saturated carbocycles. The Morgan fingerprint density at radius 1 is 1.08 bits per heavy atom. The number of benzene rings is 1. The van der Waals surface area contributed by atoms with E-state index in [4.69, 9.17) is 16.3 Å². The zero-order valence-electron chi connectivity index (χ0n) is 14.9. The molecule has 25 heavy (non-hydrogen) atoms. The van der Waals surface area contributed by atoms with Crippen molar-refractivity contribution in [2.24, 2.45) is 0 Å². The first-order valence-electron chi connectivity index (χ1n) is 8.62. The molecule has 0 spiro atoms. The van der Waals surface area contributed by atoms with E-state index < -0.39 is 27.6 Å². The van der Waals surface area contributed by atoms with Crippen molar-refractivity contribution in [1.29, 1.82) is 0 Å². The molecule has 0 aliphatic rings. The van der Waals surface area contributed by atoms with Gasteiger partial charge in [0.1, 0.15) is 6.61 Å². The van der Waals surface area contributed by atoms with Crippen molar-refractivity contribution in [2.75, 3.05) is 23.9 Å². The van der Waals surface area contributed by atoms with E-state index >= 15 is 0 Å². The van der Waals surface area contributed by atoms with Crippen molar-refractivity contribution in [2.45, 2.75) is 44.8 Å². The van der Waals surface area contributed by atoms with E-state index in [1.54, 1.807) is 24.3 Å². The van der Waals surface area contributed by atoms with Crippen LogP contribution in [0.15, 0.2) is 24.3 Å². The highest BCUT2D eigenvalue weighted by atomic mass is 35.5. The summed E-state index contributed by atoms with van der Waals surface area (Å²) < 4.78 is 30.0. The van der Waals surface area contributed by atoms with Crippen molar-refractivity contribution < 1.29 is 17.9 Å². The van der Waals surface area contributed by atoms with Crippen molar-refractivity contribution >= 4 is 39.2 Å². The van der Waals surface area contributed by atoms with Crippen LogP contribution in [0.5, 0.6) is 0 Å². The maximum atomic E-state index is 12.5. The summed E-state index contributed by atoms with van der Waals surface area (Å²) in [5, 5.41) is 0.155. The molecule has 0 bridgehead atoms. The van der Waals surface area contributed by atoms with Gasteiger partial charge in [-0.3, -0.25) is 8.42 Å². The highest BCUT2D eigenvalue weighted by molar-refractivity contribution is 7.89. The number of hydrogen-bond acceptors (Lipinski definition) is 4. The van der Waals surface area contributed by atoms with Gasteiger partial charge in [0.25, 0.3) is 0 Å². The molecule has 1 rings (SSSR count). The van der Waals surface area contributed by atoms with E-state index in [-0.39, 0.29) is 11.9 Å². The summed E-state index contributed by atoms with van der Waals surface area (Å²) in [6, 6.07) is 6.42. The second-order valence-electron chi connectivity index (χ2n) is 5.83. The third-order valence-electron chi connectivity index (χ3n) is 3.65. The number of rotatable bonds is 12. The minimum atomic E-state index is -1.15. The molecule has 0 unspecified atom stereocenters. The van der Waals surface area contributed by atoms with Crippen LogP contribution in [0, 0.1) is 0 Å². The number of hydrogen-bond donors (Lipinski definition) is 0. The first kappa shape index (κ1) is 22.3. The topological polar surface area (TPSA) is 60.4 Å². The zero-order valence-corrected chi connectivity index (χ0v) is 17.3. The highest BCUT2D eigenvalue weighted by Gasteiger charge is 2.22. The van der Waals surface area contributed by atoms with Gasteiger partial charge in [-0.1, -0.05) is 38.3 Å². The van der Waals surface area contributed by atoms with E-state index in [0.29, 0.717) is 27.8 Å². The Hall–Kier alpha value is -0.720. The van der Waals surface area contributed by atoms with E-state index in [1.807, 2.05) is 13.8 Å². The Kier molecular flexibility index (Phi) is 11.3.